The van der Waals surface area contributed by atoms with Gasteiger partial charge in [0, 0.05) is 12.6 Å². The first-order valence-corrected chi connectivity index (χ1v) is 7.04. The smallest absolute Gasteiger partial charge is 0.255 e. The Morgan fingerprint density at radius 1 is 1.45 bits per heavy atom. The molecule has 110 valence electrons. The van der Waals surface area contributed by atoms with Gasteiger partial charge in [-0.2, -0.15) is 0 Å². The average molecular weight is 278 g/mol. The predicted octanol–water partition coefficient (Wildman–Crippen LogP) is 0.897. The van der Waals surface area contributed by atoms with E-state index < -0.39 is 5.91 Å². The van der Waals surface area contributed by atoms with Crippen LogP contribution in [0.2, 0.25) is 0 Å². The summed E-state index contributed by atoms with van der Waals surface area (Å²) in [7, 11) is 0. The maximum Gasteiger partial charge on any atom is 0.255 e. The summed E-state index contributed by atoms with van der Waals surface area (Å²) in [5.41, 5.74) is 6.18. The predicted molar refractivity (Wildman–Crippen MR) is 76.3 cm³/mol. The van der Waals surface area contributed by atoms with Crippen molar-refractivity contribution in [1.82, 2.24) is 4.90 Å². The minimum absolute atomic E-state index is 0.105. The third-order valence-corrected chi connectivity index (χ3v) is 3.63. The molecule has 1 heterocycles. The van der Waals surface area contributed by atoms with Crippen molar-refractivity contribution >= 4 is 5.91 Å². The van der Waals surface area contributed by atoms with Crippen molar-refractivity contribution in [3.8, 4) is 5.75 Å². The van der Waals surface area contributed by atoms with Gasteiger partial charge in [0.05, 0.1) is 6.61 Å². The minimum Gasteiger partial charge on any atom is -0.484 e. The van der Waals surface area contributed by atoms with Gasteiger partial charge in [-0.05, 0) is 37.1 Å². The number of hydrogen-bond acceptors (Lipinski definition) is 4. The Labute approximate surface area is 119 Å². The number of ether oxygens (including phenoxy) is 1. The lowest BCUT2D eigenvalue weighted by Gasteiger charge is -2.34. The van der Waals surface area contributed by atoms with Crippen molar-refractivity contribution in [2.45, 2.75) is 31.8 Å². The van der Waals surface area contributed by atoms with Gasteiger partial charge >= 0.3 is 0 Å². The lowest BCUT2D eigenvalue weighted by Crippen LogP contribution is -2.41. The topological polar surface area (TPSA) is 75.8 Å². The zero-order chi connectivity index (χ0) is 14.4. The largest absolute Gasteiger partial charge is 0.484 e. The lowest BCUT2D eigenvalue weighted by atomic mass is 10.0. The number of aliphatic hydroxyl groups excluding tert-OH is 1. The van der Waals surface area contributed by atoms with Crippen LogP contribution in [0.25, 0.3) is 0 Å². The van der Waals surface area contributed by atoms with Crippen molar-refractivity contribution < 1.29 is 14.6 Å². The Kier molecular flexibility index (Phi) is 5.38. The number of piperidine rings is 1. The zero-order valence-corrected chi connectivity index (χ0v) is 11.6. The van der Waals surface area contributed by atoms with Gasteiger partial charge in [-0.15, -0.1) is 0 Å². The van der Waals surface area contributed by atoms with Gasteiger partial charge in [0.1, 0.15) is 5.75 Å². The van der Waals surface area contributed by atoms with E-state index in [4.69, 9.17) is 10.5 Å². The van der Waals surface area contributed by atoms with E-state index in [0.717, 1.165) is 25.1 Å². The van der Waals surface area contributed by atoms with Crippen LogP contribution in [0.5, 0.6) is 5.75 Å². The molecular weight excluding hydrogens is 256 g/mol. The zero-order valence-electron chi connectivity index (χ0n) is 11.6. The van der Waals surface area contributed by atoms with Crippen LogP contribution in [-0.2, 0) is 11.3 Å². The number of primary amides is 1. The second kappa shape index (κ2) is 7.26. The highest BCUT2D eigenvalue weighted by molar-refractivity contribution is 5.75. The van der Waals surface area contributed by atoms with E-state index in [1.807, 2.05) is 24.3 Å². The number of amides is 1. The molecule has 1 saturated heterocycles. The summed E-state index contributed by atoms with van der Waals surface area (Å²) < 4.78 is 5.31. The van der Waals surface area contributed by atoms with Gasteiger partial charge < -0.3 is 15.6 Å². The number of carbonyl (C=O) groups excluding carboxylic acids is 1. The molecular formula is C15H22N2O3. The molecule has 0 saturated carbocycles. The molecule has 5 heteroatoms. The van der Waals surface area contributed by atoms with Crippen LogP contribution < -0.4 is 10.5 Å². The number of likely N-dealkylation sites (tertiary alicyclic amines) is 1. The molecule has 0 aromatic heterocycles. The summed E-state index contributed by atoms with van der Waals surface area (Å²) in [5.74, 6) is 0.172. The van der Waals surface area contributed by atoms with Crippen LogP contribution in [-0.4, -0.2) is 41.7 Å². The first kappa shape index (κ1) is 14.8. The number of benzene rings is 1. The van der Waals surface area contributed by atoms with Crippen LogP contribution in [0.1, 0.15) is 24.8 Å². The molecule has 1 aromatic carbocycles. The first-order chi connectivity index (χ1) is 9.69. The van der Waals surface area contributed by atoms with E-state index in [1.165, 1.54) is 12.8 Å². The van der Waals surface area contributed by atoms with E-state index in [9.17, 15) is 9.90 Å². The van der Waals surface area contributed by atoms with Crippen molar-refractivity contribution in [3.63, 3.8) is 0 Å². The van der Waals surface area contributed by atoms with Crippen molar-refractivity contribution in [1.29, 1.82) is 0 Å². The summed E-state index contributed by atoms with van der Waals surface area (Å²) in [6, 6.07) is 7.92. The molecule has 0 aliphatic carbocycles. The fourth-order valence-electron chi connectivity index (χ4n) is 2.60. The second-order valence-electron chi connectivity index (χ2n) is 5.21. The third kappa shape index (κ3) is 4.21. The first-order valence-electron chi connectivity index (χ1n) is 7.04. The molecule has 1 aromatic rings. The summed E-state index contributed by atoms with van der Waals surface area (Å²) >= 11 is 0. The molecule has 2 rings (SSSR count). The summed E-state index contributed by atoms with van der Waals surface area (Å²) in [4.78, 5) is 13.0. The fraction of sp³-hybridized carbons (Fsp3) is 0.533. The highest BCUT2D eigenvalue weighted by Crippen LogP contribution is 2.21. The van der Waals surface area contributed by atoms with Crippen molar-refractivity contribution in [2.75, 3.05) is 19.8 Å². The van der Waals surface area contributed by atoms with Gasteiger partial charge in [-0.3, -0.25) is 9.69 Å². The molecule has 0 spiro atoms. The van der Waals surface area contributed by atoms with E-state index in [0.29, 0.717) is 5.75 Å². The Bertz CT molecular complexity index is 450. The van der Waals surface area contributed by atoms with Crippen LogP contribution in [0.4, 0.5) is 0 Å². The molecule has 5 nitrogen and oxygen atoms in total. The van der Waals surface area contributed by atoms with Gasteiger partial charge in [0.2, 0.25) is 0 Å². The monoisotopic (exact) mass is 278 g/mol. The number of nitrogens with zero attached hydrogens (tertiary/aromatic N) is 1. The van der Waals surface area contributed by atoms with Crippen LogP contribution in [0.3, 0.4) is 0 Å². The number of rotatable bonds is 6. The van der Waals surface area contributed by atoms with Gasteiger partial charge in [-0.25, -0.2) is 0 Å². The SMILES string of the molecule is NC(=O)COc1cccc(CN2CCCCC2CO)c1. The Morgan fingerprint density at radius 3 is 3.05 bits per heavy atom. The van der Waals surface area contributed by atoms with Crippen LogP contribution in [0, 0.1) is 0 Å². The van der Waals surface area contributed by atoms with Crippen LogP contribution in [0.15, 0.2) is 24.3 Å². The van der Waals surface area contributed by atoms with Gasteiger partial charge in [0.25, 0.3) is 5.91 Å². The standard InChI is InChI=1S/C15H22N2O3/c16-15(19)11-20-14-6-3-4-12(8-14)9-17-7-2-1-5-13(17)10-18/h3-4,6,8,13,18H,1-2,5,7,9-11H2,(H2,16,19). The van der Waals surface area contributed by atoms with Gasteiger partial charge in [-0.1, -0.05) is 18.6 Å². The number of carbonyl (C=O) groups is 1. The maximum absolute atomic E-state index is 10.7. The normalized spacial score (nSPS) is 19.8. The van der Waals surface area contributed by atoms with Crippen molar-refractivity contribution in [2.24, 2.45) is 5.73 Å². The molecule has 20 heavy (non-hydrogen) atoms. The lowest BCUT2D eigenvalue weighted by molar-refractivity contribution is -0.119. The Hall–Kier alpha value is -1.59. The summed E-state index contributed by atoms with van der Waals surface area (Å²) in [6.45, 7) is 1.90. The highest BCUT2D eigenvalue weighted by atomic mass is 16.5. The summed E-state index contributed by atoms with van der Waals surface area (Å²) in [6.07, 6.45) is 3.41. The molecule has 1 fully saturated rings. The number of hydrogen-bond donors (Lipinski definition) is 2. The number of aliphatic hydroxyl groups is 1. The molecule has 1 atom stereocenters. The molecule has 1 aliphatic heterocycles. The molecule has 3 N–H and O–H groups in total. The number of nitrogens with two attached hydrogens (primary N) is 1. The summed E-state index contributed by atoms with van der Waals surface area (Å²) in [5, 5.41) is 9.42. The minimum atomic E-state index is -0.480. The molecule has 1 unspecified atom stereocenters. The second-order valence-corrected chi connectivity index (χ2v) is 5.21. The fourth-order valence-corrected chi connectivity index (χ4v) is 2.60. The van der Waals surface area contributed by atoms with E-state index in [-0.39, 0.29) is 19.3 Å². The average Bonchev–Trinajstić information content (AvgIpc) is 2.46. The quantitative estimate of drug-likeness (QED) is 0.810. The molecule has 1 amide bonds. The molecule has 0 bridgehead atoms. The van der Waals surface area contributed by atoms with Gasteiger partial charge in [0.15, 0.2) is 6.61 Å². The Balaban J connectivity index is 1.97. The molecule has 0 radical (unpaired) electrons. The maximum atomic E-state index is 10.7. The van der Waals surface area contributed by atoms with E-state index in [2.05, 4.69) is 4.90 Å². The van der Waals surface area contributed by atoms with Crippen LogP contribution >= 0.6 is 0 Å². The van der Waals surface area contributed by atoms with E-state index in [1.54, 1.807) is 0 Å². The Morgan fingerprint density at radius 2 is 2.30 bits per heavy atom. The molecule has 1 aliphatic rings. The van der Waals surface area contributed by atoms with Crippen molar-refractivity contribution in [3.05, 3.63) is 29.8 Å². The highest BCUT2D eigenvalue weighted by Gasteiger charge is 2.21. The third-order valence-electron chi connectivity index (χ3n) is 3.63. The van der Waals surface area contributed by atoms with E-state index >= 15 is 0 Å².